The lowest BCUT2D eigenvalue weighted by atomic mass is 10.2. The molecule has 24 heavy (non-hydrogen) atoms. The first-order chi connectivity index (χ1) is 11.0. The van der Waals surface area contributed by atoms with E-state index in [9.17, 15) is 32.9 Å². The molecule has 0 fully saturated rings. The van der Waals surface area contributed by atoms with Gasteiger partial charge in [-0.1, -0.05) is 0 Å². The maximum absolute atomic E-state index is 12.3. The Morgan fingerprint density at radius 2 is 1.88 bits per heavy atom. The van der Waals surface area contributed by atoms with Gasteiger partial charge in [-0.2, -0.15) is 13.2 Å². The number of carboxylic acids is 1. The SMILES string of the molecule is CC(Sc1ccc([N+](=O)[O-])cc1)C(=O)NC(CC(F)(F)F)C(=O)O. The van der Waals surface area contributed by atoms with Crippen molar-refractivity contribution in [3.05, 3.63) is 34.4 Å². The number of nitro benzene ring substituents is 1. The number of halogens is 3. The molecule has 11 heteroatoms. The number of carbonyl (C=O) groups is 2. The van der Waals surface area contributed by atoms with E-state index in [0.717, 1.165) is 11.8 Å². The fourth-order valence-electron chi connectivity index (χ4n) is 1.62. The van der Waals surface area contributed by atoms with Gasteiger partial charge in [-0.25, -0.2) is 4.79 Å². The maximum atomic E-state index is 12.3. The molecule has 0 aliphatic heterocycles. The fourth-order valence-corrected chi connectivity index (χ4v) is 2.50. The minimum Gasteiger partial charge on any atom is -0.480 e. The molecule has 0 aromatic heterocycles. The summed E-state index contributed by atoms with van der Waals surface area (Å²) in [5.74, 6) is -2.66. The van der Waals surface area contributed by atoms with Crippen molar-refractivity contribution >= 4 is 29.3 Å². The second kappa shape index (κ2) is 7.99. The summed E-state index contributed by atoms with van der Waals surface area (Å²) in [4.78, 5) is 33.1. The zero-order chi connectivity index (χ0) is 18.5. The van der Waals surface area contributed by atoms with Gasteiger partial charge in [0.15, 0.2) is 0 Å². The lowest BCUT2D eigenvalue weighted by Crippen LogP contribution is -2.46. The molecule has 0 radical (unpaired) electrons. The number of carbonyl (C=O) groups excluding carboxylic acids is 1. The molecule has 1 aromatic rings. The van der Waals surface area contributed by atoms with E-state index in [2.05, 4.69) is 0 Å². The Morgan fingerprint density at radius 1 is 1.33 bits per heavy atom. The van der Waals surface area contributed by atoms with Crippen LogP contribution in [0.4, 0.5) is 18.9 Å². The lowest BCUT2D eigenvalue weighted by Gasteiger charge is -2.18. The molecular weight excluding hydrogens is 353 g/mol. The number of hydrogen-bond acceptors (Lipinski definition) is 5. The normalized spacial score (nSPS) is 13.8. The van der Waals surface area contributed by atoms with Crippen LogP contribution in [0.3, 0.4) is 0 Å². The standard InChI is InChI=1S/C13H13F3N2O5S/c1-7(24-9-4-2-8(3-5-9)18(22)23)11(19)17-10(12(20)21)6-13(14,15)16/h2-5,7,10H,6H2,1H3,(H,17,19)(H,20,21). The van der Waals surface area contributed by atoms with E-state index < -0.39 is 40.7 Å². The molecule has 1 rings (SSSR count). The molecule has 2 atom stereocenters. The Kier molecular flexibility index (Phi) is 6.58. The Bertz CT molecular complexity index is 621. The third-order valence-electron chi connectivity index (χ3n) is 2.78. The summed E-state index contributed by atoms with van der Waals surface area (Å²) in [6, 6.07) is 3.14. The van der Waals surface area contributed by atoms with Crippen molar-refractivity contribution in [3.8, 4) is 0 Å². The average Bonchev–Trinajstić information content (AvgIpc) is 2.45. The van der Waals surface area contributed by atoms with E-state index in [4.69, 9.17) is 5.11 Å². The van der Waals surface area contributed by atoms with Crippen molar-refractivity contribution in [1.82, 2.24) is 5.32 Å². The van der Waals surface area contributed by atoms with Crippen LogP contribution in [-0.4, -0.2) is 39.4 Å². The highest BCUT2D eigenvalue weighted by molar-refractivity contribution is 8.00. The maximum Gasteiger partial charge on any atom is 0.391 e. The van der Waals surface area contributed by atoms with Crippen LogP contribution in [0.5, 0.6) is 0 Å². The average molecular weight is 366 g/mol. The molecule has 2 N–H and O–H groups in total. The fraction of sp³-hybridized carbons (Fsp3) is 0.385. The van der Waals surface area contributed by atoms with Crippen LogP contribution in [0.25, 0.3) is 0 Å². The van der Waals surface area contributed by atoms with Crippen molar-refractivity contribution in [2.75, 3.05) is 0 Å². The number of nitrogens with zero attached hydrogens (tertiary/aromatic N) is 1. The summed E-state index contributed by atoms with van der Waals surface area (Å²) in [6.07, 6.45) is -6.41. The van der Waals surface area contributed by atoms with Crippen LogP contribution in [0.1, 0.15) is 13.3 Å². The van der Waals surface area contributed by atoms with Crippen LogP contribution in [0.15, 0.2) is 29.2 Å². The molecule has 0 heterocycles. The van der Waals surface area contributed by atoms with Gasteiger partial charge in [0.2, 0.25) is 5.91 Å². The van der Waals surface area contributed by atoms with Gasteiger partial charge in [0, 0.05) is 17.0 Å². The number of nitrogens with one attached hydrogen (secondary N) is 1. The minimum atomic E-state index is -4.73. The molecule has 0 spiro atoms. The molecular formula is C13H13F3N2O5S. The number of nitro groups is 1. The Morgan fingerprint density at radius 3 is 2.29 bits per heavy atom. The van der Waals surface area contributed by atoms with Gasteiger partial charge in [0.1, 0.15) is 6.04 Å². The van der Waals surface area contributed by atoms with Crippen LogP contribution in [0.2, 0.25) is 0 Å². The first-order valence-electron chi connectivity index (χ1n) is 6.50. The van der Waals surface area contributed by atoms with Crippen LogP contribution < -0.4 is 5.32 Å². The highest BCUT2D eigenvalue weighted by Gasteiger charge is 2.36. The molecule has 7 nitrogen and oxygen atoms in total. The van der Waals surface area contributed by atoms with Gasteiger partial charge < -0.3 is 10.4 Å². The van der Waals surface area contributed by atoms with E-state index in [-0.39, 0.29) is 5.69 Å². The van der Waals surface area contributed by atoms with E-state index in [0.29, 0.717) is 4.90 Å². The van der Waals surface area contributed by atoms with Crippen LogP contribution in [-0.2, 0) is 9.59 Å². The Hall–Kier alpha value is -2.30. The molecule has 2 unspecified atom stereocenters. The van der Waals surface area contributed by atoms with Gasteiger partial charge in [0.05, 0.1) is 16.6 Å². The summed E-state index contributed by atoms with van der Waals surface area (Å²) in [6.45, 7) is 1.38. The van der Waals surface area contributed by atoms with Crippen LogP contribution >= 0.6 is 11.8 Å². The highest BCUT2D eigenvalue weighted by Crippen LogP contribution is 2.26. The Labute approximate surface area is 138 Å². The second-order valence-corrected chi connectivity index (χ2v) is 6.14. The molecule has 1 amide bonds. The summed E-state index contributed by atoms with van der Waals surface area (Å²) in [5, 5.41) is 20.2. The summed E-state index contributed by atoms with van der Waals surface area (Å²) in [5.41, 5.74) is -0.146. The van der Waals surface area contributed by atoms with Crippen molar-refractivity contribution in [3.63, 3.8) is 0 Å². The molecule has 132 valence electrons. The number of benzene rings is 1. The molecule has 0 aliphatic rings. The zero-order valence-electron chi connectivity index (χ0n) is 12.2. The van der Waals surface area contributed by atoms with Gasteiger partial charge in [-0.15, -0.1) is 11.8 Å². The number of thioether (sulfide) groups is 1. The van der Waals surface area contributed by atoms with Crippen LogP contribution in [0, 0.1) is 10.1 Å². The van der Waals surface area contributed by atoms with Gasteiger partial charge in [0.25, 0.3) is 5.69 Å². The van der Waals surface area contributed by atoms with E-state index in [1.807, 2.05) is 5.32 Å². The number of alkyl halides is 3. The number of aliphatic carboxylic acids is 1. The summed E-state index contributed by atoms with van der Waals surface area (Å²) in [7, 11) is 0. The first-order valence-corrected chi connectivity index (χ1v) is 7.38. The lowest BCUT2D eigenvalue weighted by molar-refractivity contribution is -0.384. The van der Waals surface area contributed by atoms with Crippen molar-refractivity contribution in [2.24, 2.45) is 0 Å². The van der Waals surface area contributed by atoms with Crippen molar-refractivity contribution in [1.29, 1.82) is 0 Å². The van der Waals surface area contributed by atoms with E-state index >= 15 is 0 Å². The van der Waals surface area contributed by atoms with E-state index in [1.54, 1.807) is 0 Å². The van der Waals surface area contributed by atoms with E-state index in [1.165, 1.54) is 31.2 Å². The quantitative estimate of drug-likeness (QED) is 0.436. The monoisotopic (exact) mass is 366 g/mol. The smallest absolute Gasteiger partial charge is 0.391 e. The summed E-state index contributed by atoms with van der Waals surface area (Å²) >= 11 is 0.935. The second-order valence-electron chi connectivity index (χ2n) is 4.73. The molecule has 0 saturated heterocycles. The predicted molar refractivity (Wildman–Crippen MR) is 78.7 cm³/mol. The third kappa shape index (κ3) is 6.44. The highest BCUT2D eigenvalue weighted by atomic mass is 32.2. The predicted octanol–water partition coefficient (Wildman–Crippen LogP) is 2.60. The summed E-state index contributed by atoms with van der Waals surface area (Å²) < 4.78 is 36.9. The third-order valence-corrected chi connectivity index (χ3v) is 3.89. The van der Waals surface area contributed by atoms with Gasteiger partial charge >= 0.3 is 12.1 Å². The number of rotatable bonds is 7. The molecule has 0 aliphatic carbocycles. The number of non-ortho nitro benzene ring substituents is 1. The van der Waals surface area contributed by atoms with Crippen molar-refractivity contribution < 1.29 is 32.8 Å². The number of hydrogen-bond donors (Lipinski definition) is 2. The molecule has 0 saturated carbocycles. The Balaban J connectivity index is 2.69. The van der Waals surface area contributed by atoms with Crippen molar-refractivity contribution in [2.45, 2.75) is 35.7 Å². The molecule has 0 bridgehead atoms. The number of amides is 1. The molecule has 1 aromatic carbocycles. The van der Waals surface area contributed by atoms with Gasteiger partial charge in [-0.05, 0) is 19.1 Å². The minimum absolute atomic E-state index is 0.146. The first kappa shape index (κ1) is 19.7. The van der Waals surface area contributed by atoms with Gasteiger partial charge in [-0.3, -0.25) is 14.9 Å². The number of carboxylic acid groups (broad SMARTS) is 1. The topological polar surface area (TPSA) is 110 Å². The zero-order valence-corrected chi connectivity index (χ0v) is 13.1. The largest absolute Gasteiger partial charge is 0.480 e.